The van der Waals surface area contributed by atoms with Gasteiger partial charge in [0.2, 0.25) is 17.5 Å². The van der Waals surface area contributed by atoms with Crippen molar-refractivity contribution in [3.63, 3.8) is 0 Å². The fourth-order valence-corrected chi connectivity index (χ4v) is 4.06. The maximum atomic E-state index is 12.0. The molecule has 0 saturated carbocycles. The number of anilines is 1. The predicted octanol–water partition coefficient (Wildman–Crippen LogP) is 2.55. The summed E-state index contributed by atoms with van der Waals surface area (Å²) in [5, 5.41) is 14.1. The second kappa shape index (κ2) is 16.4. The van der Waals surface area contributed by atoms with Crippen molar-refractivity contribution in [1.82, 2.24) is 10.3 Å². The lowest BCUT2D eigenvalue weighted by atomic mass is 10.0. The molecule has 212 valence electrons. The highest BCUT2D eigenvalue weighted by Crippen LogP contribution is 2.19. The summed E-state index contributed by atoms with van der Waals surface area (Å²) in [6, 6.07) is 3.10. The lowest BCUT2D eigenvalue weighted by Gasteiger charge is -2.28. The summed E-state index contributed by atoms with van der Waals surface area (Å²) in [5.74, 6) is -2.50. The minimum Gasteiger partial charge on any atom is -0.478 e. The molecule has 2 heterocycles. The average molecular weight is 581 g/mol. The highest BCUT2D eigenvalue weighted by Gasteiger charge is 2.40. The Hall–Kier alpha value is -3.52. The van der Waals surface area contributed by atoms with Gasteiger partial charge < -0.3 is 20.5 Å². The number of aliphatic carboxylic acids is 1. The number of carboxylic acids is 1. The Morgan fingerprint density at radius 3 is 2.13 bits per heavy atom. The molecule has 39 heavy (non-hydrogen) atoms. The lowest BCUT2D eigenvalue weighted by Crippen LogP contribution is -2.55. The number of hydrogen-bond acceptors (Lipinski definition) is 11. The van der Waals surface area contributed by atoms with Crippen LogP contribution in [0.25, 0.3) is 0 Å². The van der Waals surface area contributed by atoms with Gasteiger partial charge in [-0.1, -0.05) is 43.4 Å². The number of carboxylic acid groups (broad SMARTS) is 1. The normalized spacial score (nSPS) is 17.1. The van der Waals surface area contributed by atoms with Crippen molar-refractivity contribution in [1.29, 1.82) is 0 Å². The Labute approximate surface area is 234 Å². The van der Waals surface area contributed by atoms with Crippen LogP contribution in [-0.2, 0) is 28.7 Å². The van der Waals surface area contributed by atoms with Crippen LogP contribution in [-0.4, -0.2) is 74.6 Å². The Morgan fingerprint density at radius 2 is 1.64 bits per heavy atom. The Morgan fingerprint density at radius 1 is 1.05 bits per heavy atom. The van der Waals surface area contributed by atoms with Crippen molar-refractivity contribution in [2.45, 2.75) is 39.8 Å². The Balaban J connectivity index is 0.000000391. The first-order chi connectivity index (χ1) is 18.3. The summed E-state index contributed by atoms with van der Waals surface area (Å²) >= 11 is 2.12. The second-order valence-electron chi connectivity index (χ2n) is 8.35. The molecule has 12 nitrogen and oxygen atoms in total. The number of aromatic nitrogens is 1. The predicted molar refractivity (Wildman–Crippen MR) is 150 cm³/mol. The molecule has 0 spiro atoms. The molecule has 1 aromatic heterocycles. The van der Waals surface area contributed by atoms with Gasteiger partial charge in [0, 0.05) is 56.0 Å². The fourth-order valence-electron chi connectivity index (χ4n) is 2.78. The summed E-state index contributed by atoms with van der Waals surface area (Å²) < 4.78 is 4.62. The van der Waals surface area contributed by atoms with E-state index in [0.717, 1.165) is 23.5 Å². The third-order valence-corrected chi connectivity index (χ3v) is 7.18. The van der Waals surface area contributed by atoms with E-state index in [0.29, 0.717) is 11.5 Å². The van der Waals surface area contributed by atoms with Crippen LogP contribution in [0.3, 0.4) is 0 Å². The van der Waals surface area contributed by atoms with Gasteiger partial charge >= 0.3 is 11.9 Å². The Kier molecular flexibility index (Phi) is 14.1. The van der Waals surface area contributed by atoms with E-state index in [2.05, 4.69) is 25.3 Å². The number of ether oxygens (including phenoxy) is 1. The first-order valence-corrected chi connectivity index (χ1v) is 13.7. The van der Waals surface area contributed by atoms with E-state index in [9.17, 15) is 33.9 Å². The number of nitrogens with zero attached hydrogens (tertiary/aromatic N) is 2. The van der Waals surface area contributed by atoms with Crippen molar-refractivity contribution in [3.05, 3.63) is 36.0 Å². The van der Waals surface area contributed by atoms with Gasteiger partial charge in [0.1, 0.15) is 11.4 Å². The number of methoxy groups -OCH3 is 1. The van der Waals surface area contributed by atoms with E-state index in [1.165, 1.54) is 39.4 Å². The second-order valence-corrected chi connectivity index (χ2v) is 10.7. The van der Waals surface area contributed by atoms with Crippen LogP contribution >= 0.6 is 23.5 Å². The molecule has 0 saturated heterocycles. The van der Waals surface area contributed by atoms with E-state index in [4.69, 9.17) is 0 Å². The molecule has 3 N–H and O–H groups in total. The molecule has 0 aliphatic carbocycles. The largest absolute Gasteiger partial charge is 0.478 e. The summed E-state index contributed by atoms with van der Waals surface area (Å²) in [7, 11) is 1.26. The quantitative estimate of drug-likeness (QED) is 0.346. The van der Waals surface area contributed by atoms with E-state index in [1.54, 1.807) is 32.1 Å². The molecule has 2 amide bonds. The third-order valence-electron chi connectivity index (χ3n) is 5.04. The van der Waals surface area contributed by atoms with Gasteiger partial charge in [-0.05, 0) is 18.2 Å². The number of esters is 1. The van der Waals surface area contributed by atoms with Crippen LogP contribution in [0.2, 0.25) is 0 Å². The lowest BCUT2D eigenvalue weighted by molar-refractivity contribution is -0.147. The van der Waals surface area contributed by atoms with Gasteiger partial charge in [-0.25, -0.2) is 14.6 Å². The zero-order valence-electron chi connectivity index (χ0n) is 22.3. The highest BCUT2D eigenvalue weighted by molar-refractivity contribution is 8.13. The molecule has 0 fully saturated rings. The number of aliphatic imine (C=N–C) groups is 1. The summed E-state index contributed by atoms with van der Waals surface area (Å²) in [4.78, 5) is 76.2. The minimum absolute atomic E-state index is 0.0438. The number of rotatable bonds is 10. The molecule has 1 aliphatic rings. The van der Waals surface area contributed by atoms with Gasteiger partial charge in [-0.2, -0.15) is 0 Å². The Bertz CT molecular complexity index is 1140. The number of hydrogen-bond donors (Lipinski definition) is 3. The molecule has 0 bridgehead atoms. The number of pyridine rings is 1. The number of nitrogens with one attached hydrogen (secondary N) is 2. The molecule has 1 aromatic rings. The number of thioether (sulfide) groups is 2. The fraction of sp³-hybridized carbons (Fsp3) is 0.440. The highest BCUT2D eigenvalue weighted by atomic mass is 32.2. The molecule has 14 heteroatoms. The zero-order valence-corrected chi connectivity index (χ0v) is 23.9. The monoisotopic (exact) mass is 580 g/mol. The number of carbonyl (C=O) groups is 6. The molecule has 3 unspecified atom stereocenters. The summed E-state index contributed by atoms with van der Waals surface area (Å²) in [6.07, 6.45) is 6.19. The maximum Gasteiger partial charge on any atom is 0.352 e. The van der Waals surface area contributed by atoms with Gasteiger partial charge in [0.15, 0.2) is 10.2 Å². The van der Waals surface area contributed by atoms with Crippen LogP contribution in [0, 0.1) is 11.8 Å². The average Bonchev–Trinajstić information content (AvgIpc) is 2.90. The van der Waals surface area contributed by atoms with E-state index < -0.39 is 29.4 Å². The molecule has 0 aromatic carbocycles. The maximum absolute atomic E-state index is 12.0. The smallest absolute Gasteiger partial charge is 0.352 e. The minimum atomic E-state index is -1.62. The van der Waals surface area contributed by atoms with Gasteiger partial charge in [0.25, 0.3) is 0 Å². The van der Waals surface area contributed by atoms with Crippen LogP contribution in [0.4, 0.5) is 5.82 Å². The van der Waals surface area contributed by atoms with E-state index in [-0.39, 0.29) is 39.9 Å². The van der Waals surface area contributed by atoms with Crippen LogP contribution in [0.15, 0.2) is 35.5 Å². The summed E-state index contributed by atoms with van der Waals surface area (Å²) in [6.45, 7) is 6.21. The van der Waals surface area contributed by atoms with Crippen molar-refractivity contribution in [2.75, 3.05) is 23.9 Å². The summed E-state index contributed by atoms with van der Waals surface area (Å²) in [5.41, 5.74) is -1.43. The van der Waals surface area contributed by atoms with Crippen LogP contribution < -0.4 is 10.6 Å². The molecular weight excluding hydrogens is 548 g/mol. The van der Waals surface area contributed by atoms with Crippen LogP contribution in [0.1, 0.15) is 44.5 Å². The number of allylic oxidation sites excluding steroid dienone is 1. The number of carbonyl (C=O) groups excluding carboxylic acids is 5. The number of dihydropyridines is 1. The SMILES string of the molecule is CC(=O)SCC(C)C(=O)NC1(C(=O)O)CC=CC=N1.COC(=O)c1cccnc1NC(=O)C(C)CSC(C)=O. The van der Waals surface area contributed by atoms with Gasteiger partial charge in [0.05, 0.1) is 7.11 Å². The molecule has 3 atom stereocenters. The first-order valence-electron chi connectivity index (χ1n) is 11.7. The van der Waals surface area contributed by atoms with Crippen LogP contribution in [0.5, 0.6) is 0 Å². The first kappa shape index (κ1) is 33.5. The van der Waals surface area contributed by atoms with Crippen molar-refractivity contribution in [3.8, 4) is 0 Å². The van der Waals surface area contributed by atoms with E-state index >= 15 is 0 Å². The van der Waals surface area contributed by atoms with Gasteiger partial charge in [-0.3, -0.25) is 24.2 Å². The topological polar surface area (TPSA) is 181 Å². The molecule has 2 rings (SSSR count). The standard InChI is InChI=1S/C13H16N2O4S.C12H16N2O4S/c1-8(7-20-9(2)16)12(17)15-11-10(13(18)19-3)5-4-6-14-11;1-8(7-19-9(2)15)10(16)14-12(11(17)18)5-3-4-6-13-12/h4-6,8H,7H2,1-3H3,(H,14,15,17);3-4,6,8H,5,7H2,1-2H3,(H,14,16)(H,17,18). The molecule has 1 aliphatic heterocycles. The zero-order chi connectivity index (χ0) is 29.6. The van der Waals surface area contributed by atoms with Gasteiger partial charge in [-0.15, -0.1) is 0 Å². The third kappa shape index (κ3) is 11.4. The van der Waals surface area contributed by atoms with Crippen molar-refractivity contribution < 1.29 is 38.6 Å². The van der Waals surface area contributed by atoms with Crippen molar-refractivity contribution >= 4 is 69.5 Å². The molecule has 0 radical (unpaired) electrons. The van der Waals surface area contributed by atoms with Crippen molar-refractivity contribution in [2.24, 2.45) is 16.8 Å². The number of amides is 2. The molecular formula is C25H32N4O8S2. The van der Waals surface area contributed by atoms with E-state index in [1.807, 2.05) is 0 Å².